The summed E-state index contributed by atoms with van der Waals surface area (Å²) in [5.41, 5.74) is 7.70. The monoisotopic (exact) mass is 408 g/mol. The minimum absolute atomic E-state index is 0.0605. The summed E-state index contributed by atoms with van der Waals surface area (Å²) in [6, 6.07) is 13.8. The second kappa shape index (κ2) is 9.01. The molecule has 0 radical (unpaired) electrons. The van der Waals surface area contributed by atoms with Crippen molar-refractivity contribution in [2.24, 2.45) is 0 Å². The summed E-state index contributed by atoms with van der Waals surface area (Å²) in [5, 5.41) is 11.8. The van der Waals surface area contributed by atoms with Crippen molar-refractivity contribution in [3.8, 4) is 17.7 Å². The van der Waals surface area contributed by atoms with Gasteiger partial charge in [-0.2, -0.15) is 10.2 Å². The van der Waals surface area contributed by atoms with Gasteiger partial charge in [0.2, 0.25) is 11.6 Å². The number of anilines is 3. The van der Waals surface area contributed by atoms with E-state index in [1.807, 2.05) is 6.07 Å². The number of hydrogen-bond acceptors (Lipinski definition) is 6. The highest BCUT2D eigenvalue weighted by molar-refractivity contribution is 5.75. The molecule has 8 heteroatoms. The standard InChI is InChI=1S/C22H18F2N4O2/c1-13(29)2-3-15-10-17(23)21(18(24)11-15)30-20-9-8-19(26)22(28-20)27-16-6-4-14(12-25)5-7-16/h4-11H,2-3,26H2,1H3,(H,27,28). The van der Waals surface area contributed by atoms with Crippen LogP contribution in [0.25, 0.3) is 0 Å². The number of pyridine rings is 1. The molecule has 1 aromatic heterocycles. The minimum atomic E-state index is -0.895. The van der Waals surface area contributed by atoms with Gasteiger partial charge in [0.15, 0.2) is 17.5 Å². The van der Waals surface area contributed by atoms with Crippen LogP contribution in [0.15, 0.2) is 48.5 Å². The molecule has 0 aliphatic heterocycles. The normalized spacial score (nSPS) is 10.3. The topological polar surface area (TPSA) is 101 Å². The quantitative estimate of drug-likeness (QED) is 0.578. The summed E-state index contributed by atoms with van der Waals surface area (Å²) in [6.07, 6.45) is 0.436. The Morgan fingerprint density at radius 2 is 1.83 bits per heavy atom. The number of nitrogens with one attached hydrogen (secondary N) is 1. The lowest BCUT2D eigenvalue weighted by atomic mass is 10.1. The lowest BCUT2D eigenvalue weighted by Gasteiger charge is -2.12. The molecule has 3 rings (SSSR count). The van der Waals surface area contributed by atoms with E-state index >= 15 is 0 Å². The molecule has 0 aliphatic carbocycles. The SMILES string of the molecule is CC(=O)CCc1cc(F)c(Oc2ccc(N)c(Nc3ccc(C#N)cc3)n2)c(F)c1. The first kappa shape index (κ1) is 20.7. The van der Waals surface area contributed by atoms with E-state index in [-0.39, 0.29) is 30.3 Å². The lowest BCUT2D eigenvalue weighted by molar-refractivity contribution is -0.116. The molecule has 0 unspecified atom stereocenters. The predicted molar refractivity (Wildman–Crippen MR) is 109 cm³/mol. The fraction of sp³-hybridized carbons (Fsp3) is 0.136. The number of rotatable bonds is 7. The fourth-order valence-electron chi connectivity index (χ4n) is 2.65. The van der Waals surface area contributed by atoms with Crippen molar-refractivity contribution in [1.82, 2.24) is 4.98 Å². The number of aryl methyl sites for hydroxylation is 1. The van der Waals surface area contributed by atoms with Crippen molar-refractivity contribution in [3.63, 3.8) is 0 Å². The van der Waals surface area contributed by atoms with Crippen molar-refractivity contribution in [2.75, 3.05) is 11.1 Å². The average Bonchev–Trinajstić information content (AvgIpc) is 2.72. The maximum absolute atomic E-state index is 14.4. The molecule has 0 spiro atoms. The summed E-state index contributed by atoms with van der Waals surface area (Å²) in [5.74, 6) is -2.28. The Labute approximate surface area is 171 Å². The molecule has 0 aliphatic rings. The largest absolute Gasteiger partial charge is 0.433 e. The summed E-state index contributed by atoms with van der Waals surface area (Å²) >= 11 is 0. The fourth-order valence-corrected chi connectivity index (χ4v) is 2.65. The zero-order valence-corrected chi connectivity index (χ0v) is 16.1. The Morgan fingerprint density at radius 3 is 2.43 bits per heavy atom. The molecule has 30 heavy (non-hydrogen) atoms. The van der Waals surface area contributed by atoms with Crippen LogP contribution in [0.1, 0.15) is 24.5 Å². The van der Waals surface area contributed by atoms with E-state index in [1.165, 1.54) is 19.1 Å². The lowest BCUT2D eigenvalue weighted by Crippen LogP contribution is -2.02. The van der Waals surface area contributed by atoms with Crippen molar-refractivity contribution in [1.29, 1.82) is 5.26 Å². The first-order valence-corrected chi connectivity index (χ1v) is 9.04. The van der Waals surface area contributed by atoms with Gasteiger partial charge < -0.3 is 20.6 Å². The smallest absolute Gasteiger partial charge is 0.221 e. The zero-order chi connectivity index (χ0) is 21.7. The first-order chi connectivity index (χ1) is 14.4. The maximum Gasteiger partial charge on any atom is 0.221 e. The molecule has 0 saturated heterocycles. The van der Waals surface area contributed by atoms with E-state index in [4.69, 9.17) is 15.7 Å². The first-order valence-electron chi connectivity index (χ1n) is 9.04. The third kappa shape index (κ3) is 5.08. The van der Waals surface area contributed by atoms with Gasteiger partial charge in [0.1, 0.15) is 5.78 Å². The van der Waals surface area contributed by atoms with Crippen LogP contribution < -0.4 is 15.8 Å². The third-order valence-electron chi connectivity index (χ3n) is 4.21. The molecular weight excluding hydrogens is 390 g/mol. The number of aromatic nitrogens is 1. The van der Waals surface area contributed by atoms with Crippen LogP contribution in [-0.2, 0) is 11.2 Å². The Morgan fingerprint density at radius 1 is 1.17 bits per heavy atom. The summed E-state index contributed by atoms with van der Waals surface area (Å²) in [6.45, 7) is 1.42. The molecule has 0 saturated carbocycles. The van der Waals surface area contributed by atoms with Crippen molar-refractivity contribution in [3.05, 3.63) is 71.3 Å². The molecule has 3 aromatic rings. The van der Waals surface area contributed by atoms with Crippen molar-refractivity contribution in [2.45, 2.75) is 19.8 Å². The van der Waals surface area contributed by atoms with Gasteiger partial charge in [0, 0.05) is 18.2 Å². The summed E-state index contributed by atoms with van der Waals surface area (Å²) in [4.78, 5) is 15.2. The van der Waals surface area contributed by atoms with E-state index in [1.54, 1.807) is 24.3 Å². The number of carbonyl (C=O) groups excluding carboxylic acids is 1. The molecule has 0 fully saturated rings. The number of Topliss-reactive ketones (excluding diaryl/α,β-unsaturated/α-hetero) is 1. The van der Waals surface area contributed by atoms with Crippen LogP contribution in [0, 0.1) is 23.0 Å². The number of ether oxygens (including phenoxy) is 1. The van der Waals surface area contributed by atoms with Crippen LogP contribution in [0.4, 0.5) is 26.0 Å². The molecule has 3 N–H and O–H groups in total. The number of nitrogen functional groups attached to an aromatic ring is 1. The predicted octanol–water partition coefficient (Wildman–Crippen LogP) is 4.87. The molecule has 152 valence electrons. The van der Waals surface area contributed by atoms with Gasteiger partial charge in [-0.05, 0) is 61.4 Å². The van der Waals surface area contributed by atoms with Crippen LogP contribution in [0.2, 0.25) is 0 Å². The van der Waals surface area contributed by atoms with E-state index in [2.05, 4.69) is 10.3 Å². The van der Waals surface area contributed by atoms with Gasteiger partial charge in [0.25, 0.3) is 0 Å². The summed E-state index contributed by atoms with van der Waals surface area (Å²) < 4.78 is 34.1. The van der Waals surface area contributed by atoms with Crippen molar-refractivity contribution < 1.29 is 18.3 Å². The summed E-state index contributed by atoms with van der Waals surface area (Å²) in [7, 11) is 0. The highest BCUT2D eigenvalue weighted by atomic mass is 19.1. The molecule has 2 aromatic carbocycles. The molecule has 1 heterocycles. The Hall–Kier alpha value is -3.99. The highest BCUT2D eigenvalue weighted by Crippen LogP contribution is 2.31. The van der Waals surface area contributed by atoms with Crippen LogP contribution in [-0.4, -0.2) is 10.8 Å². The number of nitrogens with two attached hydrogens (primary N) is 1. The van der Waals surface area contributed by atoms with Crippen LogP contribution in [0.5, 0.6) is 11.6 Å². The van der Waals surface area contributed by atoms with Gasteiger partial charge >= 0.3 is 0 Å². The van der Waals surface area contributed by atoms with Crippen molar-refractivity contribution >= 4 is 23.0 Å². The average molecular weight is 408 g/mol. The molecule has 0 bridgehead atoms. The minimum Gasteiger partial charge on any atom is -0.433 e. The van der Waals surface area contributed by atoms with E-state index < -0.39 is 17.4 Å². The molecule has 0 amide bonds. The van der Waals surface area contributed by atoms with E-state index in [9.17, 15) is 13.6 Å². The number of nitriles is 1. The Bertz CT molecular complexity index is 1100. The second-order valence-corrected chi connectivity index (χ2v) is 6.59. The van der Waals surface area contributed by atoms with Crippen LogP contribution in [0.3, 0.4) is 0 Å². The van der Waals surface area contributed by atoms with Gasteiger partial charge in [-0.25, -0.2) is 8.78 Å². The Kier molecular flexibility index (Phi) is 6.23. The number of carbonyl (C=O) groups is 1. The number of nitrogens with zero attached hydrogens (tertiary/aromatic N) is 2. The molecular formula is C22H18F2N4O2. The number of hydrogen-bond donors (Lipinski definition) is 2. The van der Waals surface area contributed by atoms with Crippen LogP contribution >= 0.6 is 0 Å². The molecule has 6 nitrogen and oxygen atoms in total. The van der Waals surface area contributed by atoms with Gasteiger partial charge in [-0.15, -0.1) is 0 Å². The number of halogens is 2. The van der Waals surface area contributed by atoms with E-state index in [0.717, 1.165) is 12.1 Å². The van der Waals surface area contributed by atoms with Gasteiger partial charge in [-0.1, -0.05) is 0 Å². The molecule has 0 atom stereocenters. The maximum atomic E-state index is 14.4. The van der Waals surface area contributed by atoms with Gasteiger partial charge in [-0.3, -0.25) is 0 Å². The number of ketones is 1. The third-order valence-corrected chi connectivity index (χ3v) is 4.21. The Balaban J connectivity index is 1.81. The van der Waals surface area contributed by atoms with Gasteiger partial charge in [0.05, 0.1) is 17.3 Å². The highest BCUT2D eigenvalue weighted by Gasteiger charge is 2.16. The second-order valence-electron chi connectivity index (χ2n) is 6.59. The van der Waals surface area contributed by atoms with E-state index in [0.29, 0.717) is 22.5 Å². The number of benzene rings is 2. The zero-order valence-electron chi connectivity index (χ0n) is 16.1.